The maximum Gasteiger partial charge on any atom is 0.280 e. The largest absolute Gasteiger partial charge is 0.368 e. The molecule has 1 amide bonds. The lowest BCUT2D eigenvalue weighted by Gasteiger charge is -2.41. The predicted molar refractivity (Wildman–Crippen MR) is 117 cm³/mol. The number of halogens is 3. The average Bonchev–Trinajstić information content (AvgIpc) is 3.29. The number of alkyl halides is 2. The maximum absolute atomic E-state index is 14.3. The van der Waals surface area contributed by atoms with Crippen molar-refractivity contribution in [3.05, 3.63) is 52.4 Å². The zero-order chi connectivity index (χ0) is 23.5. The zero-order valence-electron chi connectivity index (χ0n) is 17.4. The number of hydrogen-bond donors (Lipinski definition) is 3. The normalized spacial score (nSPS) is 15.0. The Morgan fingerprint density at radius 2 is 2.09 bits per heavy atom. The fourth-order valence-corrected chi connectivity index (χ4v) is 4.14. The quantitative estimate of drug-likeness (QED) is 0.435. The summed E-state index contributed by atoms with van der Waals surface area (Å²) in [6.45, 7) is -1.27. The summed E-state index contributed by atoms with van der Waals surface area (Å²) in [5.41, 5.74) is 5.69. The van der Waals surface area contributed by atoms with Crippen LogP contribution in [0.4, 0.5) is 19.0 Å². The van der Waals surface area contributed by atoms with Gasteiger partial charge in [-0.3, -0.25) is 9.78 Å². The summed E-state index contributed by atoms with van der Waals surface area (Å²) in [6.07, 6.45) is 4.25. The number of amides is 1. The van der Waals surface area contributed by atoms with Crippen LogP contribution in [0.25, 0.3) is 11.4 Å². The molecule has 4 N–H and O–H groups in total. The third-order valence-corrected chi connectivity index (χ3v) is 6.31. The van der Waals surface area contributed by atoms with E-state index in [0.29, 0.717) is 23.8 Å². The van der Waals surface area contributed by atoms with Gasteiger partial charge in [0.25, 0.3) is 11.8 Å². The number of carbonyl (C=O) groups excluding carboxylic acids is 1. The Morgan fingerprint density at radius 3 is 2.73 bits per heavy atom. The Morgan fingerprint density at radius 1 is 1.27 bits per heavy atom. The van der Waals surface area contributed by atoms with Crippen LogP contribution in [-0.4, -0.2) is 51.6 Å². The third-order valence-electron chi connectivity index (χ3n) is 5.54. The van der Waals surface area contributed by atoms with E-state index in [-0.39, 0.29) is 21.9 Å². The molecule has 4 rings (SSSR count). The van der Waals surface area contributed by atoms with Gasteiger partial charge in [-0.25, -0.2) is 18.2 Å². The van der Waals surface area contributed by atoms with Gasteiger partial charge in [-0.05, 0) is 37.1 Å². The number of rotatable bonds is 9. The molecule has 1 fully saturated rings. The van der Waals surface area contributed by atoms with E-state index >= 15 is 0 Å². The summed E-state index contributed by atoms with van der Waals surface area (Å²) in [7, 11) is 0. The summed E-state index contributed by atoms with van der Waals surface area (Å²) >= 11 is 0.888. The van der Waals surface area contributed by atoms with Crippen molar-refractivity contribution in [3.63, 3.8) is 0 Å². The first-order valence-electron chi connectivity index (χ1n) is 10.3. The average molecular weight is 477 g/mol. The van der Waals surface area contributed by atoms with E-state index in [4.69, 9.17) is 5.73 Å². The van der Waals surface area contributed by atoms with Crippen LogP contribution in [-0.2, 0) is 5.41 Å². The molecule has 1 aliphatic rings. The Hall–Kier alpha value is -3.12. The van der Waals surface area contributed by atoms with Gasteiger partial charge in [-0.15, -0.1) is 21.5 Å². The number of nitrogens with one attached hydrogen (secondary N) is 2. The van der Waals surface area contributed by atoms with Crippen molar-refractivity contribution in [2.24, 2.45) is 5.73 Å². The van der Waals surface area contributed by atoms with E-state index < -0.39 is 24.9 Å². The predicted octanol–water partition coefficient (Wildman–Crippen LogP) is 2.79. The number of thiazole rings is 1. The van der Waals surface area contributed by atoms with Gasteiger partial charge >= 0.3 is 0 Å². The number of anilines is 1. The van der Waals surface area contributed by atoms with Crippen LogP contribution in [0.5, 0.6) is 0 Å². The number of pyridine rings is 1. The molecule has 0 spiro atoms. The first kappa shape index (κ1) is 23.1. The molecular weight excluding hydrogens is 455 g/mol. The van der Waals surface area contributed by atoms with Gasteiger partial charge in [-0.1, -0.05) is 6.42 Å². The number of nitrogens with two attached hydrogens (primary N) is 1. The fraction of sp³-hybridized carbons (Fsp3) is 0.381. The fourth-order valence-electron chi connectivity index (χ4n) is 3.50. The van der Waals surface area contributed by atoms with Crippen molar-refractivity contribution in [1.29, 1.82) is 0 Å². The Labute approximate surface area is 191 Å². The van der Waals surface area contributed by atoms with Gasteiger partial charge in [0, 0.05) is 18.2 Å². The first-order valence-corrected chi connectivity index (χ1v) is 11.1. The second kappa shape index (κ2) is 9.40. The molecule has 0 saturated heterocycles. The highest BCUT2D eigenvalue weighted by Gasteiger charge is 2.41. The standard InChI is InChI=1S/C21H21F3N7OS/c22-13-3-1-8-26-17(13)20(6-2-7-20)11-27-16-5-4-14(30-31-16)15-9-33-19(29-15)18(32)28-12-21(23,24)10-25/h1,3-5,8H,2,6-7,10-12,25H2,(H,27,31)(H,28,32). The van der Waals surface area contributed by atoms with Crippen LogP contribution < -0.4 is 16.4 Å². The molecule has 173 valence electrons. The van der Waals surface area contributed by atoms with E-state index in [2.05, 4.69) is 36.2 Å². The van der Waals surface area contributed by atoms with Gasteiger partial charge in [0.15, 0.2) is 5.01 Å². The molecule has 3 aromatic rings. The van der Waals surface area contributed by atoms with Crippen LogP contribution in [0.1, 0.15) is 34.8 Å². The molecule has 8 nitrogen and oxygen atoms in total. The number of nitrogens with zero attached hydrogens (tertiary/aromatic N) is 4. The second-order valence-corrected chi connectivity index (χ2v) is 8.63. The highest BCUT2D eigenvalue weighted by molar-refractivity contribution is 7.11. The highest BCUT2D eigenvalue weighted by Crippen LogP contribution is 2.43. The van der Waals surface area contributed by atoms with E-state index in [9.17, 15) is 18.0 Å². The minimum absolute atomic E-state index is 0.0221. The Kier molecular flexibility index (Phi) is 6.56. The van der Waals surface area contributed by atoms with Crippen molar-refractivity contribution in [3.8, 4) is 11.4 Å². The number of hydrogen-bond acceptors (Lipinski definition) is 8. The van der Waals surface area contributed by atoms with Gasteiger partial charge < -0.3 is 16.4 Å². The van der Waals surface area contributed by atoms with Crippen molar-refractivity contribution >= 4 is 23.1 Å². The maximum atomic E-state index is 14.3. The molecule has 0 aromatic carbocycles. The van der Waals surface area contributed by atoms with Crippen LogP contribution in [0.3, 0.4) is 0 Å². The molecule has 1 radical (unpaired) electrons. The molecule has 0 atom stereocenters. The van der Waals surface area contributed by atoms with Crippen LogP contribution in [0.2, 0.25) is 0 Å². The van der Waals surface area contributed by atoms with Crippen molar-refractivity contribution in [2.75, 3.05) is 25.0 Å². The van der Waals surface area contributed by atoms with E-state index in [1.807, 2.05) is 0 Å². The molecule has 3 aromatic heterocycles. The number of aromatic nitrogens is 4. The molecule has 1 saturated carbocycles. The third kappa shape index (κ3) is 5.11. The molecule has 33 heavy (non-hydrogen) atoms. The Balaban J connectivity index is 1.38. The molecule has 12 heteroatoms. The second-order valence-electron chi connectivity index (χ2n) is 7.84. The van der Waals surface area contributed by atoms with Crippen molar-refractivity contribution in [1.82, 2.24) is 25.5 Å². The van der Waals surface area contributed by atoms with Crippen molar-refractivity contribution in [2.45, 2.75) is 30.6 Å². The van der Waals surface area contributed by atoms with Crippen LogP contribution >= 0.6 is 11.3 Å². The molecule has 1 aliphatic carbocycles. The Bertz CT molecular complexity index is 1120. The van der Waals surface area contributed by atoms with Crippen LogP contribution in [0, 0.1) is 11.2 Å². The summed E-state index contributed by atoms with van der Waals surface area (Å²) in [4.78, 5) is 20.4. The minimum atomic E-state index is -3.19. The monoisotopic (exact) mass is 476 g/mol. The molecular formula is C21H21F3N7OS. The van der Waals surface area contributed by atoms with E-state index in [0.717, 1.165) is 30.6 Å². The van der Waals surface area contributed by atoms with Crippen molar-refractivity contribution < 1.29 is 18.0 Å². The van der Waals surface area contributed by atoms with Gasteiger partial charge in [0.2, 0.25) is 0 Å². The molecule has 0 aliphatic heterocycles. The lowest BCUT2D eigenvalue weighted by molar-refractivity contribution is 0.0118. The summed E-state index contributed by atoms with van der Waals surface area (Å²) < 4.78 is 40.7. The summed E-state index contributed by atoms with van der Waals surface area (Å²) in [5.74, 6) is -3.74. The van der Waals surface area contributed by atoms with E-state index in [1.165, 1.54) is 6.07 Å². The molecule has 0 unspecified atom stereocenters. The first-order chi connectivity index (χ1) is 15.8. The SMILES string of the molecule is NCC(F)(F)CNC(=O)c1nc(-c2ccc(NCC3(c4ncccc4F)CCC3)nn2)[c]s1. The van der Waals surface area contributed by atoms with Gasteiger partial charge in [0.05, 0.1) is 24.2 Å². The molecule has 0 bridgehead atoms. The lowest BCUT2D eigenvalue weighted by atomic mass is 9.66. The smallest absolute Gasteiger partial charge is 0.280 e. The minimum Gasteiger partial charge on any atom is -0.368 e. The zero-order valence-corrected chi connectivity index (χ0v) is 18.3. The van der Waals surface area contributed by atoms with Gasteiger partial charge in [-0.2, -0.15) is 0 Å². The number of carbonyl (C=O) groups is 1. The molecule has 3 heterocycles. The topological polar surface area (TPSA) is 119 Å². The van der Waals surface area contributed by atoms with E-state index in [1.54, 1.807) is 24.4 Å². The highest BCUT2D eigenvalue weighted by atomic mass is 32.1. The van der Waals surface area contributed by atoms with Crippen LogP contribution in [0.15, 0.2) is 30.5 Å². The summed E-state index contributed by atoms with van der Waals surface area (Å²) in [5, 5.41) is 16.3. The summed E-state index contributed by atoms with van der Waals surface area (Å²) in [6, 6.07) is 6.33. The lowest BCUT2D eigenvalue weighted by Crippen LogP contribution is -2.42. The van der Waals surface area contributed by atoms with Gasteiger partial charge in [0.1, 0.15) is 23.0 Å².